The molecule has 0 saturated carbocycles. The maximum atomic E-state index is 6.11. The largest absolute Gasteiger partial charge is 0.345 e. The molecule has 0 aliphatic heterocycles. The van der Waals surface area contributed by atoms with E-state index in [4.69, 9.17) is 11.6 Å². The van der Waals surface area contributed by atoms with Crippen molar-refractivity contribution < 1.29 is 0 Å². The smallest absolute Gasteiger partial charge is 0.139 e. The van der Waals surface area contributed by atoms with Crippen LogP contribution in [0.5, 0.6) is 0 Å². The highest BCUT2D eigenvalue weighted by atomic mass is 79.9. The van der Waals surface area contributed by atoms with Gasteiger partial charge in [-0.1, -0.05) is 39.7 Å². The minimum Gasteiger partial charge on any atom is -0.345 e. The molecule has 1 N–H and O–H groups in total. The molecule has 2 rings (SSSR count). The van der Waals surface area contributed by atoms with E-state index in [0.717, 1.165) is 33.4 Å². The van der Waals surface area contributed by atoms with Crippen molar-refractivity contribution in [2.45, 2.75) is 6.42 Å². The zero-order valence-electron chi connectivity index (χ0n) is 8.00. The van der Waals surface area contributed by atoms with E-state index in [9.17, 15) is 0 Å². The third kappa shape index (κ3) is 2.24. The van der Waals surface area contributed by atoms with E-state index in [1.54, 1.807) is 12.3 Å². The molecule has 0 aliphatic carbocycles. The summed E-state index contributed by atoms with van der Waals surface area (Å²) in [6.45, 7) is 0. The first-order valence-corrected chi connectivity index (χ1v) is 6.17. The number of allylic oxidation sites excluding steroid dienone is 1. The molecule has 0 unspecified atom stereocenters. The van der Waals surface area contributed by atoms with E-state index in [1.807, 2.05) is 6.20 Å². The maximum Gasteiger partial charge on any atom is 0.139 e. The van der Waals surface area contributed by atoms with Gasteiger partial charge in [0.25, 0.3) is 0 Å². The Kier molecular flexibility index (Phi) is 3.44. The van der Waals surface area contributed by atoms with E-state index in [1.165, 1.54) is 0 Å². The molecule has 0 aromatic carbocycles. The fourth-order valence-electron chi connectivity index (χ4n) is 1.45. The molecule has 0 saturated heterocycles. The van der Waals surface area contributed by atoms with Crippen molar-refractivity contribution in [3.8, 4) is 0 Å². The molecule has 0 aliphatic rings. The molecule has 0 fully saturated rings. The van der Waals surface area contributed by atoms with Crippen LogP contribution >= 0.6 is 27.5 Å². The van der Waals surface area contributed by atoms with Gasteiger partial charge in [0.05, 0.1) is 5.02 Å². The molecular weight excluding hydrogens is 275 g/mol. The number of nitrogens with one attached hydrogen (secondary N) is 1. The second kappa shape index (κ2) is 4.81. The number of fused-ring (bicyclic) bond motifs is 1. The van der Waals surface area contributed by atoms with Gasteiger partial charge in [0.1, 0.15) is 5.65 Å². The summed E-state index contributed by atoms with van der Waals surface area (Å²) in [5.41, 5.74) is 1.92. The monoisotopic (exact) mass is 284 g/mol. The summed E-state index contributed by atoms with van der Waals surface area (Å²) in [5, 5.41) is 2.70. The van der Waals surface area contributed by atoms with Crippen LogP contribution in [0.3, 0.4) is 0 Å². The Bertz CT molecular complexity index is 490. The van der Waals surface area contributed by atoms with Gasteiger partial charge in [0.15, 0.2) is 0 Å². The van der Waals surface area contributed by atoms with Crippen LogP contribution in [0.4, 0.5) is 0 Å². The third-order valence-corrected chi connectivity index (χ3v) is 2.90. The molecule has 78 valence electrons. The normalized spacial score (nSPS) is 11.6. The zero-order chi connectivity index (χ0) is 10.7. The molecular formula is C11H10BrClN2. The first-order chi connectivity index (χ1) is 7.33. The van der Waals surface area contributed by atoms with Crippen molar-refractivity contribution in [2.75, 3.05) is 5.33 Å². The SMILES string of the molecule is Clc1ccnc2[nH]cc(C=CCCBr)c12. The number of rotatable bonds is 3. The third-order valence-electron chi connectivity index (χ3n) is 2.13. The Morgan fingerprint density at radius 3 is 3.20 bits per heavy atom. The van der Waals surface area contributed by atoms with Gasteiger partial charge in [-0.25, -0.2) is 4.98 Å². The van der Waals surface area contributed by atoms with Crippen LogP contribution in [-0.2, 0) is 0 Å². The Labute approximate surface area is 101 Å². The van der Waals surface area contributed by atoms with Gasteiger partial charge in [0.2, 0.25) is 0 Å². The molecule has 2 aromatic rings. The molecule has 4 heteroatoms. The van der Waals surface area contributed by atoms with Gasteiger partial charge in [-0.3, -0.25) is 0 Å². The highest BCUT2D eigenvalue weighted by Gasteiger charge is 2.05. The standard InChI is InChI=1S/C11H10BrClN2/c12-5-2-1-3-8-7-15-11-10(8)9(13)4-6-14-11/h1,3-4,6-7H,2,5H2,(H,14,15). The zero-order valence-corrected chi connectivity index (χ0v) is 10.3. The highest BCUT2D eigenvalue weighted by molar-refractivity contribution is 9.09. The first-order valence-electron chi connectivity index (χ1n) is 4.67. The number of aromatic amines is 1. The van der Waals surface area contributed by atoms with Gasteiger partial charge in [-0.2, -0.15) is 0 Å². The van der Waals surface area contributed by atoms with Crippen molar-refractivity contribution >= 4 is 44.6 Å². The minimum absolute atomic E-state index is 0.736. The van der Waals surface area contributed by atoms with Crippen LogP contribution in [0, 0.1) is 0 Å². The van der Waals surface area contributed by atoms with Crippen molar-refractivity contribution in [3.63, 3.8) is 0 Å². The highest BCUT2D eigenvalue weighted by Crippen LogP contribution is 2.25. The quantitative estimate of drug-likeness (QED) is 0.848. The lowest BCUT2D eigenvalue weighted by molar-refractivity contribution is 1.27. The van der Waals surface area contributed by atoms with Gasteiger partial charge in [-0.05, 0) is 12.5 Å². The number of alkyl halides is 1. The summed E-state index contributed by atoms with van der Waals surface area (Å²) in [5.74, 6) is 0. The molecule has 2 nitrogen and oxygen atoms in total. The van der Waals surface area contributed by atoms with Crippen LogP contribution in [-0.4, -0.2) is 15.3 Å². The summed E-state index contributed by atoms with van der Waals surface area (Å²) in [4.78, 5) is 7.31. The van der Waals surface area contributed by atoms with Gasteiger partial charge < -0.3 is 4.98 Å². The van der Waals surface area contributed by atoms with Crippen molar-refractivity contribution in [1.29, 1.82) is 0 Å². The van der Waals surface area contributed by atoms with E-state index in [-0.39, 0.29) is 0 Å². The summed E-state index contributed by atoms with van der Waals surface area (Å²) < 4.78 is 0. The molecule has 2 aromatic heterocycles. The van der Waals surface area contributed by atoms with E-state index >= 15 is 0 Å². The fourth-order valence-corrected chi connectivity index (χ4v) is 1.96. The molecule has 0 atom stereocenters. The summed E-state index contributed by atoms with van der Waals surface area (Å²) in [7, 11) is 0. The Hall–Kier alpha value is -0.800. The van der Waals surface area contributed by atoms with Crippen molar-refractivity contribution in [2.24, 2.45) is 0 Å². The number of aromatic nitrogens is 2. The predicted molar refractivity (Wildman–Crippen MR) is 68.5 cm³/mol. The minimum atomic E-state index is 0.736. The van der Waals surface area contributed by atoms with Crippen LogP contribution in [0.2, 0.25) is 5.02 Å². The number of nitrogens with zero attached hydrogens (tertiary/aromatic N) is 1. The Morgan fingerprint density at radius 1 is 1.53 bits per heavy atom. The van der Waals surface area contributed by atoms with Crippen molar-refractivity contribution in [3.05, 3.63) is 35.1 Å². The predicted octanol–water partition coefficient (Wildman–Crippen LogP) is 4.01. The molecule has 0 amide bonds. The summed E-state index contributed by atoms with van der Waals surface area (Å²) >= 11 is 9.49. The molecule has 0 radical (unpaired) electrons. The Morgan fingerprint density at radius 2 is 2.40 bits per heavy atom. The van der Waals surface area contributed by atoms with E-state index < -0.39 is 0 Å². The number of pyridine rings is 1. The Balaban J connectivity index is 2.44. The van der Waals surface area contributed by atoms with Crippen molar-refractivity contribution in [1.82, 2.24) is 9.97 Å². The number of hydrogen-bond acceptors (Lipinski definition) is 1. The van der Waals surface area contributed by atoms with Gasteiger partial charge >= 0.3 is 0 Å². The molecule has 2 heterocycles. The number of H-pyrrole nitrogens is 1. The lowest BCUT2D eigenvalue weighted by atomic mass is 10.2. The van der Waals surface area contributed by atoms with Crippen LogP contribution in [0.25, 0.3) is 17.1 Å². The van der Waals surface area contributed by atoms with Crippen LogP contribution < -0.4 is 0 Å². The van der Waals surface area contributed by atoms with Crippen LogP contribution in [0.1, 0.15) is 12.0 Å². The fraction of sp³-hybridized carbons (Fsp3) is 0.182. The summed E-state index contributed by atoms with van der Waals surface area (Å²) in [6, 6.07) is 1.81. The number of hydrogen-bond donors (Lipinski definition) is 1. The lowest BCUT2D eigenvalue weighted by Crippen LogP contribution is -1.76. The average molecular weight is 286 g/mol. The second-order valence-electron chi connectivity index (χ2n) is 3.14. The molecule has 15 heavy (non-hydrogen) atoms. The lowest BCUT2D eigenvalue weighted by Gasteiger charge is -1.94. The summed E-state index contributed by atoms with van der Waals surface area (Å²) in [6.07, 6.45) is 8.81. The van der Waals surface area contributed by atoms with Gasteiger partial charge in [-0.15, -0.1) is 0 Å². The molecule has 0 bridgehead atoms. The molecule has 0 spiro atoms. The van der Waals surface area contributed by atoms with Gasteiger partial charge in [0, 0.05) is 28.7 Å². The maximum absolute atomic E-state index is 6.11. The topological polar surface area (TPSA) is 28.7 Å². The van der Waals surface area contributed by atoms with Crippen LogP contribution in [0.15, 0.2) is 24.5 Å². The first kappa shape index (κ1) is 10.7. The van der Waals surface area contributed by atoms with E-state index in [0.29, 0.717) is 0 Å². The second-order valence-corrected chi connectivity index (χ2v) is 4.34. The van der Waals surface area contributed by atoms with E-state index in [2.05, 4.69) is 38.0 Å². The average Bonchev–Trinajstić information content (AvgIpc) is 2.63. The number of halogens is 2.